The number of aromatic nitrogens is 1. The molecule has 4 heteroatoms. The number of hydrogen-bond acceptors (Lipinski definition) is 3. The van der Waals surface area contributed by atoms with E-state index in [2.05, 4.69) is 52.9 Å². The van der Waals surface area contributed by atoms with Crippen molar-refractivity contribution in [3.05, 3.63) is 64.3 Å². The Morgan fingerprint density at radius 1 is 1.08 bits per heavy atom. The van der Waals surface area contributed by atoms with Crippen LogP contribution in [0.15, 0.2) is 58.7 Å². The molecule has 25 heavy (non-hydrogen) atoms. The maximum absolute atomic E-state index is 12.8. The van der Waals surface area contributed by atoms with Gasteiger partial charge in [0.25, 0.3) is 5.56 Å². The van der Waals surface area contributed by atoms with Crippen LogP contribution < -0.4 is 10.9 Å². The lowest BCUT2D eigenvalue weighted by Crippen LogP contribution is -2.11. The van der Waals surface area contributed by atoms with Crippen molar-refractivity contribution in [3.8, 4) is 10.4 Å². The van der Waals surface area contributed by atoms with Crippen LogP contribution in [0.2, 0.25) is 0 Å². The van der Waals surface area contributed by atoms with Crippen LogP contribution in [0, 0.1) is 0 Å². The van der Waals surface area contributed by atoms with E-state index >= 15 is 0 Å². The van der Waals surface area contributed by atoms with Gasteiger partial charge in [0.2, 0.25) is 0 Å². The average molecular weight is 348 g/mol. The number of hydrogen-bond donors (Lipinski definition) is 2. The Morgan fingerprint density at radius 3 is 2.76 bits per heavy atom. The summed E-state index contributed by atoms with van der Waals surface area (Å²) in [6.45, 7) is 3.04. The van der Waals surface area contributed by atoms with E-state index in [0.717, 1.165) is 52.3 Å². The molecule has 0 fully saturated rings. The summed E-state index contributed by atoms with van der Waals surface area (Å²) in [6.07, 6.45) is 2.20. The SMILES string of the molecule is CCCCNc1cc(-c2cccs2)cc2c1c(=O)[nH]c1ccccc12. The first-order valence-corrected chi connectivity index (χ1v) is 9.52. The van der Waals surface area contributed by atoms with Crippen LogP contribution >= 0.6 is 11.3 Å². The van der Waals surface area contributed by atoms with Gasteiger partial charge < -0.3 is 10.3 Å². The van der Waals surface area contributed by atoms with Gasteiger partial charge in [-0.2, -0.15) is 0 Å². The summed E-state index contributed by atoms with van der Waals surface area (Å²) in [4.78, 5) is 17.0. The number of anilines is 1. The van der Waals surface area contributed by atoms with Crippen molar-refractivity contribution >= 4 is 38.7 Å². The fraction of sp³-hybridized carbons (Fsp3) is 0.190. The first-order valence-electron chi connectivity index (χ1n) is 8.64. The van der Waals surface area contributed by atoms with Gasteiger partial charge in [-0.25, -0.2) is 0 Å². The lowest BCUT2D eigenvalue weighted by atomic mass is 10.0. The summed E-state index contributed by atoms with van der Waals surface area (Å²) in [6, 6.07) is 16.4. The smallest absolute Gasteiger partial charge is 0.258 e. The van der Waals surface area contributed by atoms with E-state index in [1.807, 2.05) is 18.2 Å². The Kier molecular flexibility index (Phi) is 4.28. The highest BCUT2D eigenvalue weighted by Gasteiger charge is 2.12. The molecular formula is C21H20N2OS. The number of nitrogens with one attached hydrogen (secondary N) is 2. The van der Waals surface area contributed by atoms with Crippen molar-refractivity contribution in [2.75, 3.05) is 11.9 Å². The molecule has 0 bridgehead atoms. The zero-order valence-corrected chi connectivity index (χ0v) is 15.0. The van der Waals surface area contributed by atoms with Crippen LogP contribution in [0.25, 0.3) is 32.1 Å². The van der Waals surface area contributed by atoms with E-state index in [0.29, 0.717) is 0 Å². The number of aromatic amines is 1. The molecule has 0 saturated heterocycles. The molecule has 2 aromatic carbocycles. The number of thiophene rings is 1. The van der Waals surface area contributed by atoms with Crippen LogP contribution in [0.5, 0.6) is 0 Å². The normalized spacial score (nSPS) is 11.2. The molecule has 0 unspecified atom stereocenters. The molecule has 3 nitrogen and oxygen atoms in total. The van der Waals surface area contributed by atoms with Crippen molar-refractivity contribution in [2.24, 2.45) is 0 Å². The minimum Gasteiger partial charge on any atom is -0.384 e. The molecule has 2 N–H and O–H groups in total. The van der Waals surface area contributed by atoms with Gasteiger partial charge >= 0.3 is 0 Å². The average Bonchev–Trinajstić information content (AvgIpc) is 3.16. The highest BCUT2D eigenvalue weighted by molar-refractivity contribution is 7.13. The minimum atomic E-state index is -0.0366. The topological polar surface area (TPSA) is 44.9 Å². The molecule has 0 aliphatic heterocycles. The zero-order valence-electron chi connectivity index (χ0n) is 14.1. The quantitative estimate of drug-likeness (QED) is 0.363. The van der Waals surface area contributed by atoms with Gasteiger partial charge in [-0.05, 0) is 47.0 Å². The van der Waals surface area contributed by atoms with Gasteiger partial charge in [0.1, 0.15) is 0 Å². The molecule has 0 aliphatic carbocycles. The van der Waals surface area contributed by atoms with Crippen molar-refractivity contribution in [2.45, 2.75) is 19.8 Å². The number of unbranched alkanes of at least 4 members (excludes halogenated alkanes) is 1. The highest BCUT2D eigenvalue weighted by Crippen LogP contribution is 2.34. The lowest BCUT2D eigenvalue weighted by molar-refractivity contribution is 0.835. The zero-order chi connectivity index (χ0) is 17.2. The van der Waals surface area contributed by atoms with Crippen LogP contribution in [0.4, 0.5) is 5.69 Å². The molecule has 0 saturated carbocycles. The maximum Gasteiger partial charge on any atom is 0.258 e. The standard InChI is InChI=1S/C21H20N2OS/c1-2-3-10-22-18-13-14(19-9-6-11-25-19)12-16-15-7-4-5-8-17(15)23-21(24)20(16)18/h4-9,11-13,22H,2-3,10H2,1H3,(H,23,24). The second-order valence-electron chi connectivity index (χ2n) is 6.20. The number of H-pyrrole nitrogens is 1. The molecule has 0 atom stereocenters. The molecule has 0 amide bonds. The molecular weight excluding hydrogens is 328 g/mol. The molecule has 4 aromatic rings. The van der Waals surface area contributed by atoms with Gasteiger partial charge in [-0.1, -0.05) is 37.6 Å². The maximum atomic E-state index is 12.8. The fourth-order valence-corrected chi connectivity index (χ4v) is 3.95. The monoisotopic (exact) mass is 348 g/mol. The van der Waals surface area contributed by atoms with E-state index < -0.39 is 0 Å². The predicted molar refractivity (Wildman–Crippen MR) is 109 cm³/mol. The second-order valence-corrected chi connectivity index (χ2v) is 7.15. The van der Waals surface area contributed by atoms with E-state index in [1.165, 1.54) is 4.88 Å². The van der Waals surface area contributed by atoms with Gasteiger partial charge in [0.15, 0.2) is 0 Å². The molecule has 0 aliphatic rings. The van der Waals surface area contributed by atoms with Crippen LogP contribution in [-0.2, 0) is 0 Å². The summed E-state index contributed by atoms with van der Waals surface area (Å²) in [7, 11) is 0. The van der Waals surface area contributed by atoms with Crippen molar-refractivity contribution in [1.82, 2.24) is 4.98 Å². The number of pyridine rings is 1. The number of rotatable bonds is 5. The molecule has 4 rings (SSSR count). The Balaban J connectivity index is 2.03. The van der Waals surface area contributed by atoms with E-state index in [9.17, 15) is 4.79 Å². The first-order chi connectivity index (χ1) is 12.3. The van der Waals surface area contributed by atoms with E-state index in [4.69, 9.17) is 0 Å². The summed E-state index contributed by atoms with van der Waals surface area (Å²) >= 11 is 1.72. The van der Waals surface area contributed by atoms with Crippen molar-refractivity contribution in [3.63, 3.8) is 0 Å². The third kappa shape index (κ3) is 2.94. The van der Waals surface area contributed by atoms with Gasteiger partial charge in [-0.3, -0.25) is 4.79 Å². The van der Waals surface area contributed by atoms with Crippen LogP contribution in [0.3, 0.4) is 0 Å². The summed E-state index contributed by atoms with van der Waals surface area (Å²) in [5, 5.41) is 8.39. The van der Waals surface area contributed by atoms with Crippen LogP contribution in [0.1, 0.15) is 19.8 Å². The number of fused-ring (bicyclic) bond motifs is 3. The van der Waals surface area contributed by atoms with Crippen LogP contribution in [-0.4, -0.2) is 11.5 Å². The lowest BCUT2D eigenvalue weighted by Gasteiger charge is -2.13. The third-order valence-electron chi connectivity index (χ3n) is 4.48. The Bertz CT molecular complexity index is 1080. The predicted octanol–water partition coefficient (Wildman–Crippen LogP) is 5.62. The van der Waals surface area contributed by atoms with Crippen molar-refractivity contribution in [1.29, 1.82) is 0 Å². The fourth-order valence-electron chi connectivity index (χ4n) is 3.24. The summed E-state index contributed by atoms with van der Waals surface area (Å²) in [5.74, 6) is 0. The molecule has 0 radical (unpaired) electrons. The molecule has 126 valence electrons. The van der Waals surface area contributed by atoms with Crippen molar-refractivity contribution < 1.29 is 0 Å². The molecule has 0 spiro atoms. The van der Waals surface area contributed by atoms with Gasteiger partial charge in [0.05, 0.1) is 5.39 Å². The third-order valence-corrected chi connectivity index (χ3v) is 5.40. The minimum absolute atomic E-state index is 0.0366. The molecule has 2 aromatic heterocycles. The highest BCUT2D eigenvalue weighted by atomic mass is 32.1. The second kappa shape index (κ2) is 6.73. The Hall–Kier alpha value is -2.59. The van der Waals surface area contributed by atoms with E-state index in [-0.39, 0.29) is 5.56 Å². The van der Waals surface area contributed by atoms with Gasteiger partial charge in [-0.15, -0.1) is 11.3 Å². The summed E-state index contributed by atoms with van der Waals surface area (Å²) in [5.41, 5.74) is 2.91. The Morgan fingerprint density at radius 2 is 1.96 bits per heavy atom. The number of para-hydroxylation sites is 1. The van der Waals surface area contributed by atoms with E-state index in [1.54, 1.807) is 11.3 Å². The summed E-state index contributed by atoms with van der Waals surface area (Å²) < 4.78 is 0. The first kappa shape index (κ1) is 15.9. The number of benzene rings is 2. The Labute approximate surface area is 150 Å². The van der Waals surface area contributed by atoms with Gasteiger partial charge in [0, 0.05) is 28.0 Å². The largest absolute Gasteiger partial charge is 0.384 e. The molecule has 2 heterocycles.